The van der Waals surface area contributed by atoms with Crippen molar-refractivity contribution in [3.8, 4) is 0 Å². The molecule has 0 radical (unpaired) electrons. The summed E-state index contributed by atoms with van der Waals surface area (Å²) in [5.74, 6) is -2.05. The van der Waals surface area contributed by atoms with Crippen LogP contribution in [0.25, 0.3) is 0 Å². The number of aliphatic hydroxyl groups excluding tert-OH is 1. The molecule has 17 heavy (non-hydrogen) atoms. The smallest absolute Gasteiger partial charge is 0.164 e. The molecule has 0 aliphatic heterocycles. The highest BCUT2D eigenvalue weighted by molar-refractivity contribution is 6.31. The van der Waals surface area contributed by atoms with Crippen LogP contribution in [-0.2, 0) is 0 Å². The summed E-state index contributed by atoms with van der Waals surface area (Å²) in [6, 6.07) is 10.2. The third-order valence-corrected chi connectivity index (χ3v) is 2.82. The lowest BCUT2D eigenvalue weighted by molar-refractivity contribution is 0.213. The molecule has 2 aromatic carbocycles. The Morgan fingerprint density at radius 1 is 0.941 bits per heavy atom. The monoisotopic (exact) mass is 254 g/mol. The van der Waals surface area contributed by atoms with Crippen molar-refractivity contribution in [3.63, 3.8) is 0 Å². The van der Waals surface area contributed by atoms with Gasteiger partial charge in [0, 0.05) is 16.1 Å². The standard InChI is InChI=1S/C13H9ClF2O/c14-10-6-2-1-4-8(10)13(17)9-5-3-7-11(15)12(9)16/h1-7,13,17H. The third-order valence-electron chi connectivity index (χ3n) is 2.48. The van der Waals surface area contributed by atoms with Crippen LogP contribution in [-0.4, -0.2) is 5.11 Å². The number of aliphatic hydroxyl groups is 1. The second kappa shape index (κ2) is 4.82. The maximum atomic E-state index is 13.5. The quantitative estimate of drug-likeness (QED) is 0.866. The summed E-state index contributed by atoms with van der Waals surface area (Å²) in [6.07, 6.45) is -1.28. The summed E-state index contributed by atoms with van der Waals surface area (Å²) in [4.78, 5) is 0. The van der Waals surface area contributed by atoms with Crippen LogP contribution in [0.5, 0.6) is 0 Å². The van der Waals surface area contributed by atoms with Gasteiger partial charge in [0.1, 0.15) is 6.10 Å². The highest BCUT2D eigenvalue weighted by atomic mass is 35.5. The van der Waals surface area contributed by atoms with Crippen LogP contribution in [0.1, 0.15) is 17.2 Å². The molecule has 2 rings (SSSR count). The van der Waals surface area contributed by atoms with E-state index in [1.54, 1.807) is 24.3 Å². The molecule has 0 aromatic heterocycles. The van der Waals surface area contributed by atoms with E-state index >= 15 is 0 Å². The zero-order chi connectivity index (χ0) is 12.4. The molecular formula is C13H9ClF2O. The Balaban J connectivity index is 2.48. The van der Waals surface area contributed by atoms with Crippen molar-refractivity contribution in [2.75, 3.05) is 0 Å². The molecule has 1 unspecified atom stereocenters. The summed E-state index contributed by atoms with van der Waals surface area (Å²) in [5, 5.41) is 10.3. The maximum Gasteiger partial charge on any atom is 0.164 e. The van der Waals surface area contributed by atoms with Gasteiger partial charge in [0.2, 0.25) is 0 Å². The molecule has 88 valence electrons. The molecule has 0 saturated heterocycles. The van der Waals surface area contributed by atoms with Crippen molar-refractivity contribution in [2.24, 2.45) is 0 Å². The predicted molar refractivity (Wildman–Crippen MR) is 61.9 cm³/mol. The number of halogens is 3. The van der Waals surface area contributed by atoms with Gasteiger partial charge in [-0.3, -0.25) is 0 Å². The maximum absolute atomic E-state index is 13.5. The number of hydrogen-bond acceptors (Lipinski definition) is 1. The van der Waals surface area contributed by atoms with Gasteiger partial charge in [0.05, 0.1) is 0 Å². The summed E-state index contributed by atoms with van der Waals surface area (Å²) in [7, 11) is 0. The van der Waals surface area contributed by atoms with E-state index in [4.69, 9.17) is 11.6 Å². The number of benzene rings is 2. The molecule has 0 aliphatic carbocycles. The minimum atomic E-state index is -1.28. The molecule has 0 fully saturated rings. The van der Waals surface area contributed by atoms with Crippen molar-refractivity contribution in [1.82, 2.24) is 0 Å². The van der Waals surface area contributed by atoms with Crippen LogP contribution in [0.2, 0.25) is 5.02 Å². The first-order valence-corrected chi connectivity index (χ1v) is 5.35. The van der Waals surface area contributed by atoms with Crippen LogP contribution in [0.4, 0.5) is 8.78 Å². The Kier molecular flexibility index (Phi) is 3.41. The molecule has 0 amide bonds. The lowest BCUT2D eigenvalue weighted by Gasteiger charge is -2.13. The molecule has 4 heteroatoms. The minimum Gasteiger partial charge on any atom is -0.383 e. The van der Waals surface area contributed by atoms with E-state index in [1.165, 1.54) is 12.1 Å². The Bertz CT molecular complexity index is 543. The predicted octanol–water partition coefficient (Wildman–Crippen LogP) is 3.70. The largest absolute Gasteiger partial charge is 0.383 e. The summed E-state index contributed by atoms with van der Waals surface area (Å²) in [5.41, 5.74) is 0.219. The van der Waals surface area contributed by atoms with E-state index in [2.05, 4.69) is 0 Å². The highest BCUT2D eigenvalue weighted by Crippen LogP contribution is 2.29. The van der Waals surface area contributed by atoms with Crippen molar-refractivity contribution >= 4 is 11.6 Å². The van der Waals surface area contributed by atoms with Crippen LogP contribution in [0.15, 0.2) is 42.5 Å². The Labute approximate surface area is 102 Å². The van der Waals surface area contributed by atoms with Crippen molar-refractivity contribution in [1.29, 1.82) is 0 Å². The summed E-state index contributed by atoms with van der Waals surface area (Å²) < 4.78 is 26.5. The van der Waals surface area contributed by atoms with Crippen molar-refractivity contribution < 1.29 is 13.9 Å². The van der Waals surface area contributed by atoms with E-state index in [0.29, 0.717) is 10.6 Å². The van der Waals surface area contributed by atoms with Gasteiger partial charge in [-0.1, -0.05) is 41.9 Å². The average molecular weight is 255 g/mol. The van der Waals surface area contributed by atoms with E-state index in [0.717, 1.165) is 6.07 Å². The highest BCUT2D eigenvalue weighted by Gasteiger charge is 2.19. The molecule has 1 N–H and O–H groups in total. The molecule has 0 spiro atoms. The van der Waals surface area contributed by atoms with Crippen LogP contribution >= 0.6 is 11.6 Å². The second-order valence-corrected chi connectivity index (χ2v) is 3.97. The second-order valence-electron chi connectivity index (χ2n) is 3.57. The minimum absolute atomic E-state index is 0.127. The summed E-state index contributed by atoms with van der Waals surface area (Å²) in [6.45, 7) is 0. The lowest BCUT2D eigenvalue weighted by Crippen LogP contribution is -2.04. The molecule has 1 atom stereocenters. The van der Waals surface area contributed by atoms with Crippen LogP contribution in [0.3, 0.4) is 0 Å². The zero-order valence-corrected chi connectivity index (χ0v) is 9.46. The zero-order valence-electron chi connectivity index (χ0n) is 8.70. The Hall–Kier alpha value is -1.45. The molecular weight excluding hydrogens is 246 g/mol. The van der Waals surface area contributed by atoms with Gasteiger partial charge in [0.15, 0.2) is 11.6 Å². The molecule has 0 bridgehead atoms. The molecule has 2 aromatic rings. The summed E-state index contributed by atoms with van der Waals surface area (Å²) >= 11 is 5.88. The lowest BCUT2D eigenvalue weighted by atomic mass is 10.0. The SMILES string of the molecule is OC(c1ccccc1Cl)c1cccc(F)c1F. The Morgan fingerprint density at radius 3 is 2.29 bits per heavy atom. The molecule has 0 heterocycles. The van der Waals surface area contributed by atoms with E-state index in [1.807, 2.05) is 0 Å². The number of hydrogen-bond donors (Lipinski definition) is 1. The Morgan fingerprint density at radius 2 is 1.59 bits per heavy atom. The fourth-order valence-electron chi connectivity index (χ4n) is 1.60. The first kappa shape index (κ1) is 12.0. The fraction of sp³-hybridized carbons (Fsp3) is 0.0769. The molecule has 0 aliphatic rings. The molecule has 0 saturated carbocycles. The van der Waals surface area contributed by atoms with Gasteiger partial charge < -0.3 is 5.11 Å². The van der Waals surface area contributed by atoms with E-state index in [-0.39, 0.29) is 5.56 Å². The van der Waals surface area contributed by atoms with E-state index in [9.17, 15) is 13.9 Å². The van der Waals surface area contributed by atoms with Gasteiger partial charge in [0.25, 0.3) is 0 Å². The fourth-order valence-corrected chi connectivity index (χ4v) is 1.84. The van der Waals surface area contributed by atoms with Crippen LogP contribution in [0, 0.1) is 11.6 Å². The van der Waals surface area contributed by atoms with Gasteiger partial charge in [-0.2, -0.15) is 0 Å². The molecule has 1 nitrogen and oxygen atoms in total. The van der Waals surface area contributed by atoms with Gasteiger partial charge in [-0.15, -0.1) is 0 Å². The first-order chi connectivity index (χ1) is 8.11. The van der Waals surface area contributed by atoms with Crippen molar-refractivity contribution in [3.05, 3.63) is 70.2 Å². The van der Waals surface area contributed by atoms with E-state index < -0.39 is 17.7 Å². The van der Waals surface area contributed by atoms with Gasteiger partial charge in [-0.05, 0) is 12.1 Å². The van der Waals surface area contributed by atoms with Gasteiger partial charge in [-0.25, -0.2) is 8.78 Å². The first-order valence-electron chi connectivity index (χ1n) is 4.97. The normalized spacial score (nSPS) is 12.5. The number of rotatable bonds is 2. The average Bonchev–Trinajstić information content (AvgIpc) is 2.32. The third kappa shape index (κ3) is 2.30. The topological polar surface area (TPSA) is 20.2 Å². The van der Waals surface area contributed by atoms with Crippen molar-refractivity contribution in [2.45, 2.75) is 6.10 Å². The van der Waals surface area contributed by atoms with Gasteiger partial charge >= 0.3 is 0 Å². The van der Waals surface area contributed by atoms with Crippen LogP contribution < -0.4 is 0 Å².